The van der Waals surface area contributed by atoms with E-state index in [0.717, 1.165) is 4.91 Å². The van der Waals surface area contributed by atoms with Crippen LogP contribution in [-0.4, -0.2) is 34.9 Å². The summed E-state index contributed by atoms with van der Waals surface area (Å²) in [6, 6.07) is 8.73. The van der Waals surface area contributed by atoms with Gasteiger partial charge in [-0.25, -0.2) is 0 Å². The van der Waals surface area contributed by atoms with Crippen molar-refractivity contribution in [2.45, 2.75) is 49.1 Å². The lowest BCUT2D eigenvalue weighted by Crippen LogP contribution is -2.53. The summed E-state index contributed by atoms with van der Waals surface area (Å²) in [6.07, 6.45) is 2.15. The monoisotopic (exact) mass is 324 g/mol. The summed E-state index contributed by atoms with van der Waals surface area (Å²) >= 11 is 1.83. The average molecular weight is 324 g/mol. The Kier molecular flexibility index (Phi) is 6.01. The zero-order chi connectivity index (χ0) is 14.8. The molecule has 0 bridgehead atoms. The summed E-state index contributed by atoms with van der Waals surface area (Å²) < 4.78 is 0. The maximum Gasteiger partial charge on any atom is 0.0458 e. The number of hydrogen-bond acceptors (Lipinski definition) is 1. The Bertz CT molecular complexity index is 412. The minimum absolute atomic E-state index is 0.539. The van der Waals surface area contributed by atoms with Crippen LogP contribution in [0.25, 0.3) is 0 Å². The van der Waals surface area contributed by atoms with Gasteiger partial charge in [-0.2, -0.15) is 0 Å². The minimum Gasteiger partial charge on any atom is -0.573 e. The van der Waals surface area contributed by atoms with E-state index in [-0.39, 0.29) is 0 Å². The van der Waals surface area contributed by atoms with Gasteiger partial charge in [-0.1, -0.05) is 67.7 Å². The normalized spacial score (nSPS) is 14.8. The van der Waals surface area contributed by atoms with Crippen LogP contribution in [0.4, 0.5) is 0 Å². The number of benzene rings is 1. The molecule has 0 unspecified atom stereocenters. The van der Waals surface area contributed by atoms with Gasteiger partial charge in [0.05, 0.1) is 0 Å². The van der Waals surface area contributed by atoms with E-state index < -0.39 is 23.9 Å². The highest BCUT2D eigenvalue weighted by Gasteiger charge is 2.37. The van der Waals surface area contributed by atoms with Gasteiger partial charge >= 0.3 is 0 Å². The van der Waals surface area contributed by atoms with Crippen LogP contribution in [0.1, 0.15) is 0 Å². The largest absolute Gasteiger partial charge is 0.573 e. The van der Waals surface area contributed by atoms with Crippen LogP contribution in [0, 0.1) is 0 Å². The summed E-state index contributed by atoms with van der Waals surface area (Å²) in [5.41, 5.74) is 0. The van der Waals surface area contributed by atoms with Gasteiger partial charge < -0.3 is 15.4 Å². The van der Waals surface area contributed by atoms with E-state index in [0.29, 0.717) is 0 Å². The second kappa shape index (κ2) is 6.51. The highest BCUT2D eigenvalue weighted by atomic mass is 32.2. The Morgan fingerprint density at radius 3 is 1.89 bits per heavy atom. The molecule has 0 aromatic heterocycles. The highest BCUT2D eigenvalue weighted by molar-refractivity contribution is 8.00. The van der Waals surface area contributed by atoms with Crippen molar-refractivity contribution in [3.05, 3.63) is 24.3 Å². The molecule has 19 heavy (non-hydrogen) atoms. The summed E-state index contributed by atoms with van der Waals surface area (Å²) in [6.45, 7) is 14.9. The van der Waals surface area contributed by atoms with Gasteiger partial charge in [-0.3, -0.25) is 0 Å². The van der Waals surface area contributed by atoms with E-state index in [1.807, 2.05) is 11.8 Å². The molecular formula is C14H26BPSSi2-. The Morgan fingerprint density at radius 1 is 1.00 bits per heavy atom. The van der Waals surface area contributed by atoms with E-state index >= 15 is 0 Å². The number of thioether (sulfide) groups is 1. The molecule has 1 atom stereocenters. The molecule has 1 rings (SSSR count). The molecule has 0 N–H and O–H groups in total. The smallest absolute Gasteiger partial charge is 0.0458 e. The first-order valence-corrected chi connectivity index (χ1v) is 16.6. The third kappa shape index (κ3) is 4.49. The fourth-order valence-corrected chi connectivity index (χ4v) is 23.0. The van der Waals surface area contributed by atoms with Gasteiger partial charge in [-0.15, -0.1) is 11.8 Å². The second-order valence-electron chi connectivity index (χ2n) is 7.21. The number of rotatable bonds is 5. The molecule has 0 spiro atoms. The summed E-state index contributed by atoms with van der Waals surface area (Å²) in [5.74, 6) is 0. The summed E-state index contributed by atoms with van der Waals surface area (Å²) in [4.78, 5) is 2.14. The van der Waals surface area contributed by atoms with Crippen LogP contribution in [-0.2, 0) is 0 Å². The third-order valence-electron chi connectivity index (χ3n) is 3.28. The van der Waals surface area contributed by atoms with E-state index in [9.17, 15) is 0 Å². The Morgan fingerprint density at radius 2 is 1.47 bits per heavy atom. The van der Waals surface area contributed by atoms with Gasteiger partial charge in [0.25, 0.3) is 0 Å². The highest BCUT2D eigenvalue weighted by Crippen LogP contribution is 2.46. The molecule has 0 aliphatic heterocycles. The van der Waals surface area contributed by atoms with Crippen molar-refractivity contribution in [1.82, 2.24) is 0 Å². The fraction of sp³-hybridized carbons (Fsp3) is 0.571. The molecule has 0 saturated heterocycles. The van der Waals surface area contributed by atoms with Crippen molar-refractivity contribution in [3.63, 3.8) is 0 Å². The van der Waals surface area contributed by atoms with Crippen LogP contribution >= 0.6 is 19.6 Å². The molecule has 1 aromatic carbocycles. The molecular weight excluding hydrogens is 298 g/mol. The predicted molar refractivity (Wildman–Crippen MR) is 101 cm³/mol. The lowest BCUT2D eigenvalue weighted by molar-refractivity contribution is 1.44. The van der Waals surface area contributed by atoms with Crippen LogP contribution in [0.15, 0.2) is 29.2 Å². The van der Waals surface area contributed by atoms with Crippen molar-refractivity contribution in [2.24, 2.45) is 0 Å². The molecule has 0 heterocycles. The van der Waals surface area contributed by atoms with Crippen LogP contribution in [0.2, 0.25) is 39.3 Å². The standard InChI is InChI=1S/C14H26BPSSi2/c1-17-13-11-9-8-10-12(13)16(15)14(18(2,3)4)19(5,6)7/h8-11,14H,1-7H3/q-1/t16-/m1/s1. The fourth-order valence-electron chi connectivity index (χ4n) is 3.12. The molecule has 0 fully saturated rings. The molecule has 0 aliphatic rings. The van der Waals surface area contributed by atoms with Crippen molar-refractivity contribution in [2.75, 3.05) is 6.26 Å². The minimum atomic E-state index is -1.25. The molecule has 105 valence electrons. The lowest BCUT2D eigenvalue weighted by atomic mass is 10.4. The van der Waals surface area contributed by atoms with Crippen molar-refractivity contribution in [3.8, 4) is 0 Å². The Balaban J connectivity index is 3.24. The molecule has 0 nitrogen and oxygen atoms in total. The van der Waals surface area contributed by atoms with Crippen molar-refractivity contribution < 1.29 is 0 Å². The first kappa shape index (κ1) is 17.5. The molecule has 0 saturated carbocycles. The van der Waals surface area contributed by atoms with Crippen molar-refractivity contribution >= 4 is 48.6 Å². The van der Waals surface area contributed by atoms with Gasteiger partial charge in [0.2, 0.25) is 0 Å². The summed E-state index contributed by atoms with van der Waals surface area (Å²) in [5, 5.41) is 1.42. The van der Waals surface area contributed by atoms with E-state index in [1.54, 1.807) is 0 Å². The van der Waals surface area contributed by atoms with Gasteiger partial charge in [0, 0.05) is 21.0 Å². The molecule has 1 aromatic rings. The van der Waals surface area contributed by atoms with Crippen LogP contribution in [0.3, 0.4) is 0 Å². The molecule has 3 radical (unpaired) electrons. The average Bonchev–Trinajstić information content (AvgIpc) is 2.24. The maximum atomic E-state index is 6.81. The summed E-state index contributed by atoms with van der Waals surface area (Å²) in [7, 11) is 3.77. The van der Waals surface area contributed by atoms with E-state index in [4.69, 9.17) is 7.57 Å². The Hall–Kier alpha value is 0.499. The van der Waals surface area contributed by atoms with Gasteiger partial charge in [0.1, 0.15) is 0 Å². The van der Waals surface area contributed by atoms with Crippen LogP contribution < -0.4 is 5.30 Å². The maximum absolute atomic E-state index is 6.81. The zero-order valence-electron chi connectivity index (χ0n) is 13.3. The first-order valence-electron chi connectivity index (χ1n) is 6.76. The molecule has 5 heteroatoms. The van der Waals surface area contributed by atoms with E-state index in [2.05, 4.69) is 69.8 Å². The third-order valence-corrected chi connectivity index (χ3v) is 20.5. The second-order valence-corrected chi connectivity index (χ2v) is 22.0. The number of hydrogen-bond donors (Lipinski definition) is 0. The molecule has 0 amide bonds. The topological polar surface area (TPSA) is 0 Å². The SMILES string of the molecule is [B-][P@](c1ccccc1SC)C([Si](C)(C)C)[Si](C)(C)C. The van der Waals surface area contributed by atoms with E-state index in [1.165, 1.54) is 10.2 Å². The van der Waals surface area contributed by atoms with Gasteiger partial charge in [-0.05, 0) is 12.3 Å². The first-order chi connectivity index (χ1) is 8.59. The van der Waals surface area contributed by atoms with Crippen LogP contribution in [0.5, 0.6) is 0 Å². The Labute approximate surface area is 128 Å². The predicted octanol–water partition coefficient (Wildman–Crippen LogP) is 4.72. The molecule has 0 aliphatic carbocycles. The lowest BCUT2D eigenvalue weighted by Gasteiger charge is -2.51. The quantitative estimate of drug-likeness (QED) is 0.429. The zero-order valence-corrected chi connectivity index (χ0v) is 17.0. The van der Waals surface area contributed by atoms with Gasteiger partial charge in [0.15, 0.2) is 0 Å². The van der Waals surface area contributed by atoms with Crippen molar-refractivity contribution in [1.29, 1.82) is 0 Å².